The molecule has 0 aliphatic carbocycles. The molecule has 3 rings (SSSR count). The van der Waals surface area contributed by atoms with Crippen molar-refractivity contribution < 1.29 is 32.4 Å². The SMILES string of the molecule is O=C(CN1CCN(C(=O)COc2cccc([N+](=O)[O-])c2)CC1)Nc1ccccc1C(F)(F)F. The minimum absolute atomic E-state index is 0.113. The number of hydrogen-bond acceptors (Lipinski definition) is 6. The summed E-state index contributed by atoms with van der Waals surface area (Å²) in [5.74, 6) is -0.697. The lowest BCUT2D eigenvalue weighted by atomic mass is 10.1. The van der Waals surface area contributed by atoms with Crippen molar-refractivity contribution in [2.45, 2.75) is 6.18 Å². The minimum atomic E-state index is -4.58. The van der Waals surface area contributed by atoms with Crippen LogP contribution in [0.5, 0.6) is 5.75 Å². The average Bonchev–Trinajstić information content (AvgIpc) is 2.77. The van der Waals surface area contributed by atoms with Crippen molar-refractivity contribution in [3.63, 3.8) is 0 Å². The van der Waals surface area contributed by atoms with E-state index in [0.29, 0.717) is 26.2 Å². The molecule has 1 fully saturated rings. The number of carbonyl (C=O) groups is 2. The number of benzene rings is 2. The largest absolute Gasteiger partial charge is 0.484 e. The van der Waals surface area contributed by atoms with Gasteiger partial charge in [-0.3, -0.25) is 24.6 Å². The molecule has 2 aromatic rings. The number of nitro benzene ring substituents is 1. The summed E-state index contributed by atoms with van der Waals surface area (Å²) in [5, 5.41) is 13.1. The number of nitro groups is 1. The van der Waals surface area contributed by atoms with Crippen molar-refractivity contribution >= 4 is 23.2 Å². The third-order valence-corrected chi connectivity index (χ3v) is 4.99. The van der Waals surface area contributed by atoms with Crippen LogP contribution in [-0.2, 0) is 15.8 Å². The zero-order chi connectivity index (χ0) is 24.0. The summed E-state index contributed by atoms with van der Waals surface area (Å²) in [6.07, 6.45) is -4.58. The third kappa shape index (κ3) is 6.65. The summed E-state index contributed by atoms with van der Waals surface area (Å²) < 4.78 is 44.5. The predicted molar refractivity (Wildman–Crippen MR) is 112 cm³/mol. The predicted octanol–water partition coefficient (Wildman–Crippen LogP) is 2.78. The van der Waals surface area contributed by atoms with E-state index in [1.165, 1.54) is 47.4 Å². The highest BCUT2D eigenvalue weighted by molar-refractivity contribution is 5.93. The Hall–Kier alpha value is -3.67. The van der Waals surface area contributed by atoms with Crippen LogP contribution in [0.2, 0.25) is 0 Å². The van der Waals surface area contributed by atoms with E-state index in [1.807, 2.05) is 0 Å². The fourth-order valence-electron chi connectivity index (χ4n) is 3.31. The molecule has 0 bridgehead atoms. The summed E-state index contributed by atoms with van der Waals surface area (Å²) in [6.45, 7) is 0.926. The van der Waals surface area contributed by atoms with Crippen molar-refractivity contribution in [3.8, 4) is 5.75 Å². The van der Waals surface area contributed by atoms with Crippen molar-refractivity contribution in [2.24, 2.45) is 0 Å². The summed E-state index contributed by atoms with van der Waals surface area (Å²) in [7, 11) is 0. The molecule has 12 heteroatoms. The Morgan fingerprint density at radius 2 is 1.76 bits per heavy atom. The number of alkyl halides is 3. The Morgan fingerprint density at radius 1 is 1.06 bits per heavy atom. The number of nitrogens with zero attached hydrogens (tertiary/aromatic N) is 3. The molecule has 1 aliphatic rings. The first-order valence-electron chi connectivity index (χ1n) is 9.97. The van der Waals surface area contributed by atoms with E-state index >= 15 is 0 Å². The van der Waals surface area contributed by atoms with E-state index < -0.39 is 22.6 Å². The number of halogens is 3. The van der Waals surface area contributed by atoms with Gasteiger partial charge in [0.05, 0.1) is 28.8 Å². The maximum absolute atomic E-state index is 13.1. The Labute approximate surface area is 186 Å². The average molecular weight is 466 g/mol. The van der Waals surface area contributed by atoms with Gasteiger partial charge in [-0.2, -0.15) is 13.2 Å². The molecule has 0 aromatic heterocycles. The van der Waals surface area contributed by atoms with Gasteiger partial charge in [-0.1, -0.05) is 18.2 Å². The molecule has 2 amide bonds. The van der Waals surface area contributed by atoms with Gasteiger partial charge in [-0.25, -0.2) is 0 Å². The molecule has 0 radical (unpaired) electrons. The van der Waals surface area contributed by atoms with Gasteiger partial charge in [0.25, 0.3) is 11.6 Å². The Bertz CT molecular complexity index is 1020. The van der Waals surface area contributed by atoms with Gasteiger partial charge < -0.3 is 15.0 Å². The number of hydrogen-bond donors (Lipinski definition) is 1. The Balaban J connectivity index is 1.45. The zero-order valence-corrected chi connectivity index (χ0v) is 17.4. The van der Waals surface area contributed by atoms with Crippen LogP contribution in [0.15, 0.2) is 48.5 Å². The molecule has 1 aliphatic heterocycles. The molecule has 33 heavy (non-hydrogen) atoms. The molecule has 1 heterocycles. The summed E-state index contributed by atoms with van der Waals surface area (Å²) >= 11 is 0. The lowest BCUT2D eigenvalue weighted by Gasteiger charge is -2.34. The van der Waals surface area contributed by atoms with E-state index in [0.717, 1.165) is 6.07 Å². The van der Waals surface area contributed by atoms with Gasteiger partial charge in [-0.15, -0.1) is 0 Å². The number of carbonyl (C=O) groups excluding carboxylic acids is 2. The minimum Gasteiger partial charge on any atom is -0.484 e. The van der Waals surface area contributed by atoms with Crippen LogP contribution in [0.25, 0.3) is 0 Å². The molecule has 1 saturated heterocycles. The second-order valence-corrected chi connectivity index (χ2v) is 7.29. The monoisotopic (exact) mass is 466 g/mol. The standard InChI is InChI=1S/C21H21F3N4O5/c22-21(23,24)17-6-1-2-7-18(17)25-19(29)13-26-8-10-27(11-9-26)20(30)14-33-16-5-3-4-15(12-16)28(31)32/h1-7,12H,8-11,13-14H2,(H,25,29). The van der Waals surface area contributed by atoms with Crippen LogP contribution >= 0.6 is 0 Å². The molecule has 0 saturated carbocycles. The first kappa shape index (κ1) is 24.0. The molecule has 176 valence electrons. The summed E-state index contributed by atoms with van der Waals surface area (Å²) in [5.41, 5.74) is -1.37. The van der Waals surface area contributed by atoms with E-state index in [4.69, 9.17) is 4.74 Å². The number of para-hydroxylation sites is 1. The Morgan fingerprint density at radius 3 is 2.42 bits per heavy atom. The fraction of sp³-hybridized carbons (Fsp3) is 0.333. The number of rotatable bonds is 7. The van der Waals surface area contributed by atoms with Crippen molar-refractivity contribution in [1.29, 1.82) is 0 Å². The van der Waals surface area contributed by atoms with Gasteiger partial charge in [-0.05, 0) is 18.2 Å². The topological polar surface area (TPSA) is 105 Å². The van der Waals surface area contributed by atoms with Crippen LogP contribution in [0, 0.1) is 10.1 Å². The second kappa shape index (κ2) is 10.3. The third-order valence-electron chi connectivity index (χ3n) is 4.99. The van der Waals surface area contributed by atoms with Crippen molar-refractivity contribution in [2.75, 3.05) is 44.6 Å². The van der Waals surface area contributed by atoms with Gasteiger partial charge in [0.1, 0.15) is 5.75 Å². The van der Waals surface area contributed by atoms with Crippen LogP contribution in [0.1, 0.15) is 5.56 Å². The molecular formula is C21H21F3N4O5. The number of nitrogens with one attached hydrogen (secondary N) is 1. The normalized spacial score (nSPS) is 14.6. The number of amides is 2. The molecule has 0 atom stereocenters. The van der Waals surface area contributed by atoms with Crippen LogP contribution in [-0.4, -0.2) is 65.9 Å². The van der Waals surface area contributed by atoms with Gasteiger partial charge >= 0.3 is 6.18 Å². The molecule has 0 spiro atoms. The first-order chi connectivity index (χ1) is 15.6. The smallest absolute Gasteiger partial charge is 0.418 e. The molecular weight excluding hydrogens is 445 g/mol. The van der Waals surface area contributed by atoms with Crippen LogP contribution in [0.4, 0.5) is 24.5 Å². The summed E-state index contributed by atoms with van der Waals surface area (Å²) in [4.78, 5) is 38.1. The van der Waals surface area contributed by atoms with Gasteiger partial charge in [0.15, 0.2) is 6.61 Å². The number of ether oxygens (including phenoxy) is 1. The molecule has 2 aromatic carbocycles. The van der Waals surface area contributed by atoms with E-state index in [1.54, 1.807) is 4.90 Å². The van der Waals surface area contributed by atoms with E-state index in [2.05, 4.69) is 5.32 Å². The summed E-state index contributed by atoms with van der Waals surface area (Å²) in [6, 6.07) is 10.2. The maximum atomic E-state index is 13.1. The lowest BCUT2D eigenvalue weighted by molar-refractivity contribution is -0.384. The number of piperazine rings is 1. The highest BCUT2D eigenvalue weighted by Crippen LogP contribution is 2.34. The van der Waals surface area contributed by atoms with Crippen molar-refractivity contribution in [1.82, 2.24) is 9.80 Å². The first-order valence-corrected chi connectivity index (χ1v) is 9.97. The fourth-order valence-corrected chi connectivity index (χ4v) is 3.31. The van der Waals surface area contributed by atoms with Crippen LogP contribution < -0.4 is 10.1 Å². The highest BCUT2D eigenvalue weighted by atomic mass is 19.4. The molecule has 1 N–H and O–H groups in total. The molecule has 9 nitrogen and oxygen atoms in total. The lowest BCUT2D eigenvalue weighted by Crippen LogP contribution is -2.51. The molecule has 0 unspecified atom stereocenters. The van der Waals surface area contributed by atoms with Gasteiger partial charge in [0.2, 0.25) is 5.91 Å². The zero-order valence-electron chi connectivity index (χ0n) is 17.4. The van der Waals surface area contributed by atoms with E-state index in [-0.39, 0.29) is 36.2 Å². The maximum Gasteiger partial charge on any atom is 0.418 e. The van der Waals surface area contributed by atoms with Gasteiger partial charge in [0, 0.05) is 32.2 Å². The number of anilines is 1. The van der Waals surface area contributed by atoms with Crippen LogP contribution in [0.3, 0.4) is 0 Å². The Kier molecular flexibility index (Phi) is 7.48. The quantitative estimate of drug-likeness (QED) is 0.497. The number of non-ortho nitro benzene ring substituents is 1. The highest BCUT2D eigenvalue weighted by Gasteiger charge is 2.33. The van der Waals surface area contributed by atoms with E-state index in [9.17, 15) is 32.9 Å². The van der Waals surface area contributed by atoms with Crippen molar-refractivity contribution in [3.05, 3.63) is 64.2 Å². The second-order valence-electron chi connectivity index (χ2n) is 7.29.